The fourth-order valence-electron chi connectivity index (χ4n) is 5.52. The van der Waals surface area contributed by atoms with Crippen molar-refractivity contribution in [3.05, 3.63) is 76.3 Å². The average Bonchev–Trinajstić information content (AvgIpc) is 3.30. The zero-order chi connectivity index (χ0) is 30.1. The van der Waals surface area contributed by atoms with Crippen LogP contribution in [0.1, 0.15) is 39.3 Å². The van der Waals surface area contributed by atoms with E-state index in [9.17, 15) is 14.7 Å². The Kier molecular flexibility index (Phi) is 7.75. The molecule has 216 valence electrons. The van der Waals surface area contributed by atoms with Crippen molar-refractivity contribution < 1.29 is 23.8 Å². The second-order valence-electron chi connectivity index (χ2n) is 10.1. The van der Waals surface area contributed by atoms with Crippen molar-refractivity contribution in [2.75, 3.05) is 13.7 Å². The van der Waals surface area contributed by atoms with E-state index in [0.717, 1.165) is 17.5 Å². The summed E-state index contributed by atoms with van der Waals surface area (Å²) in [5.41, 5.74) is 12.0. The topological polar surface area (TPSA) is 145 Å². The van der Waals surface area contributed by atoms with Gasteiger partial charge in [0.05, 0.1) is 24.4 Å². The highest BCUT2D eigenvalue weighted by atomic mass is 19.1. The summed E-state index contributed by atoms with van der Waals surface area (Å²) >= 11 is 0. The predicted octanol–water partition coefficient (Wildman–Crippen LogP) is 4.24. The number of carboxylic acids is 1. The van der Waals surface area contributed by atoms with E-state index in [1.807, 2.05) is 24.6 Å². The van der Waals surface area contributed by atoms with Crippen LogP contribution in [0.15, 0.2) is 47.4 Å². The lowest BCUT2D eigenvalue weighted by molar-refractivity contribution is -0.136. The molecular formula is C31H31FN6O4. The molecule has 10 nitrogen and oxygen atoms in total. The highest BCUT2D eigenvalue weighted by Crippen LogP contribution is 2.43. The summed E-state index contributed by atoms with van der Waals surface area (Å²) in [7, 11) is 3.40. The molecule has 3 aromatic heterocycles. The maximum atomic E-state index is 15.4. The number of carbonyl (C=O) groups is 2. The van der Waals surface area contributed by atoms with Gasteiger partial charge in [0.1, 0.15) is 11.3 Å². The number of hydrogen-bond acceptors (Lipinski definition) is 7. The maximum absolute atomic E-state index is 15.4. The molecule has 1 aliphatic heterocycles. The fraction of sp³-hybridized carbons (Fsp3) is 0.258. The number of carbonyl (C=O) groups excluding carboxylic acids is 1. The predicted molar refractivity (Wildman–Crippen MR) is 158 cm³/mol. The molecule has 4 heterocycles. The van der Waals surface area contributed by atoms with E-state index in [1.165, 1.54) is 24.7 Å². The van der Waals surface area contributed by atoms with Gasteiger partial charge in [-0.1, -0.05) is 0 Å². The number of aromatic nitrogens is 3. The van der Waals surface area contributed by atoms with Crippen molar-refractivity contribution in [1.82, 2.24) is 19.9 Å². The zero-order valence-electron chi connectivity index (χ0n) is 23.8. The molecule has 0 spiro atoms. The number of rotatable bonds is 7. The summed E-state index contributed by atoms with van der Waals surface area (Å²) in [5, 5.41) is 13.1. The van der Waals surface area contributed by atoms with E-state index in [4.69, 9.17) is 15.5 Å². The first-order valence-corrected chi connectivity index (χ1v) is 13.4. The first kappa shape index (κ1) is 28.5. The molecule has 0 atom stereocenters. The van der Waals surface area contributed by atoms with Crippen LogP contribution in [0.25, 0.3) is 33.4 Å². The molecule has 42 heavy (non-hydrogen) atoms. The highest BCUT2D eigenvalue weighted by molar-refractivity contribution is 6.02. The van der Waals surface area contributed by atoms with E-state index >= 15 is 4.39 Å². The molecule has 1 aromatic carbocycles. The second-order valence-corrected chi connectivity index (χ2v) is 10.1. The standard InChI is InChI=1S/C31H31FN6O4/c1-16-20-6-5-9-42-29(20)24(32)11-21(16)28-22(13-27(39)40)17(2)36-30-23(28)12-26(38(30)4)18-7-8-35-25(10-18)31(41)37-19(14-33)15-34-3/h7-8,10-12,14-15H,5-6,9,13,33H2,1-4H3,(H,37,41)(H,39,40)/b19-14+,34-15?. The van der Waals surface area contributed by atoms with Crippen LogP contribution >= 0.6 is 0 Å². The molecule has 0 saturated heterocycles. The van der Waals surface area contributed by atoms with Gasteiger partial charge in [-0.2, -0.15) is 0 Å². The minimum atomic E-state index is -1.01. The third kappa shape index (κ3) is 5.09. The largest absolute Gasteiger partial charge is 0.490 e. The van der Waals surface area contributed by atoms with Gasteiger partial charge < -0.3 is 25.5 Å². The third-order valence-electron chi connectivity index (χ3n) is 7.51. The van der Waals surface area contributed by atoms with Crippen molar-refractivity contribution in [1.29, 1.82) is 0 Å². The monoisotopic (exact) mass is 570 g/mol. The molecule has 1 amide bonds. The van der Waals surface area contributed by atoms with Gasteiger partial charge in [-0.05, 0) is 73.2 Å². The Hall–Kier alpha value is -5.06. The van der Waals surface area contributed by atoms with Crippen LogP contribution in [0.5, 0.6) is 5.75 Å². The smallest absolute Gasteiger partial charge is 0.307 e. The molecule has 0 fully saturated rings. The van der Waals surface area contributed by atoms with Crippen LogP contribution in [0.3, 0.4) is 0 Å². The fourth-order valence-corrected chi connectivity index (χ4v) is 5.52. The average molecular weight is 571 g/mol. The van der Waals surface area contributed by atoms with Gasteiger partial charge in [0.15, 0.2) is 11.6 Å². The first-order valence-electron chi connectivity index (χ1n) is 13.4. The first-order chi connectivity index (χ1) is 20.1. The van der Waals surface area contributed by atoms with Crippen LogP contribution in [0.2, 0.25) is 0 Å². The number of pyridine rings is 2. The maximum Gasteiger partial charge on any atom is 0.307 e. The van der Waals surface area contributed by atoms with Gasteiger partial charge in [-0.3, -0.25) is 19.6 Å². The molecule has 11 heteroatoms. The Morgan fingerprint density at radius 2 is 2.07 bits per heavy atom. The number of benzene rings is 1. The van der Waals surface area contributed by atoms with Crippen LogP contribution < -0.4 is 15.8 Å². The van der Waals surface area contributed by atoms with Gasteiger partial charge >= 0.3 is 5.97 Å². The normalized spacial score (nSPS) is 13.3. The lowest BCUT2D eigenvalue weighted by Crippen LogP contribution is -2.25. The van der Waals surface area contributed by atoms with Crippen LogP contribution in [0, 0.1) is 19.7 Å². The summed E-state index contributed by atoms with van der Waals surface area (Å²) in [6.07, 6.45) is 5.35. The third-order valence-corrected chi connectivity index (χ3v) is 7.51. The van der Waals surface area contributed by atoms with Crippen LogP contribution in [-0.4, -0.2) is 51.4 Å². The van der Waals surface area contributed by atoms with E-state index in [0.29, 0.717) is 63.4 Å². The SMILES string of the molecule is CN=C/C(=C\N)NC(=O)c1cc(-c2cc3c(-c4cc(F)c5c(c4C)CCCO5)c(CC(=O)O)c(C)nc3n2C)ccn1. The van der Waals surface area contributed by atoms with Gasteiger partial charge in [0.2, 0.25) is 0 Å². The summed E-state index contributed by atoms with van der Waals surface area (Å²) < 4.78 is 22.9. The van der Waals surface area contributed by atoms with Gasteiger partial charge in [-0.25, -0.2) is 9.37 Å². The molecular weight excluding hydrogens is 539 g/mol. The summed E-state index contributed by atoms with van der Waals surface area (Å²) in [6, 6.07) is 6.74. The summed E-state index contributed by atoms with van der Waals surface area (Å²) in [4.78, 5) is 37.7. The minimum absolute atomic E-state index is 0.158. The molecule has 0 radical (unpaired) electrons. The molecule has 0 aliphatic carbocycles. The molecule has 5 rings (SSSR count). The number of amides is 1. The molecule has 0 unspecified atom stereocenters. The Morgan fingerprint density at radius 1 is 1.29 bits per heavy atom. The van der Waals surface area contributed by atoms with Crippen molar-refractivity contribution in [2.45, 2.75) is 33.1 Å². The second kappa shape index (κ2) is 11.4. The summed E-state index contributed by atoms with van der Waals surface area (Å²) in [6.45, 7) is 4.13. The number of nitrogens with zero attached hydrogens (tertiary/aromatic N) is 4. The van der Waals surface area contributed by atoms with Gasteiger partial charge in [0, 0.05) is 54.9 Å². The van der Waals surface area contributed by atoms with E-state index in [2.05, 4.69) is 15.3 Å². The number of aliphatic carboxylic acids is 1. The number of ether oxygens (including phenoxy) is 1. The lowest BCUT2D eigenvalue weighted by atomic mass is 9.87. The Balaban J connectivity index is 1.72. The quantitative estimate of drug-likeness (QED) is 0.282. The molecule has 0 saturated carbocycles. The molecule has 0 bridgehead atoms. The zero-order valence-corrected chi connectivity index (χ0v) is 23.8. The number of carboxylic acid groups (broad SMARTS) is 1. The number of aryl methyl sites for hydroxylation is 2. The molecule has 1 aliphatic rings. The van der Waals surface area contributed by atoms with E-state index in [1.54, 1.807) is 26.1 Å². The number of fused-ring (bicyclic) bond motifs is 2. The van der Waals surface area contributed by atoms with Crippen molar-refractivity contribution >= 4 is 29.1 Å². The van der Waals surface area contributed by atoms with Crippen molar-refractivity contribution in [3.8, 4) is 28.1 Å². The van der Waals surface area contributed by atoms with Crippen LogP contribution in [0.4, 0.5) is 4.39 Å². The van der Waals surface area contributed by atoms with Gasteiger partial charge in [0.25, 0.3) is 5.91 Å². The van der Waals surface area contributed by atoms with Crippen molar-refractivity contribution in [3.63, 3.8) is 0 Å². The highest BCUT2D eigenvalue weighted by Gasteiger charge is 2.26. The minimum Gasteiger partial charge on any atom is -0.490 e. The van der Waals surface area contributed by atoms with Crippen molar-refractivity contribution in [2.24, 2.45) is 17.8 Å². The number of aliphatic imine (C=N–C) groups is 1. The Bertz CT molecular complexity index is 1810. The molecule has 4 aromatic rings. The number of nitrogens with two attached hydrogens (primary N) is 1. The van der Waals surface area contributed by atoms with E-state index in [-0.39, 0.29) is 17.9 Å². The summed E-state index contributed by atoms with van der Waals surface area (Å²) in [5.74, 6) is -1.69. The van der Waals surface area contributed by atoms with Crippen LogP contribution in [-0.2, 0) is 24.7 Å². The Labute approximate surface area is 241 Å². The number of nitrogens with one attached hydrogen (secondary N) is 1. The van der Waals surface area contributed by atoms with Gasteiger partial charge in [-0.15, -0.1) is 0 Å². The number of allylic oxidation sites excluding steroid dienone is 1. The molecule has 4 N–H and O–H groups in total. The number of hydrogen-bond donors (Lipinski definition) is 3. The Morgan fingerprint density at radius 3 is 2.79 bits per heavy atom. The lowest BCUT2D eigenvalue weighted by Gasteiger charge is -2.23. The van der Waals surface area contributed by atoms with E-state index < -0.39 is 17.7 Å². The number of halogens is 1.